The Morgan fingerprint density at radius 3 is 2.76 bits per heavy atom. The van der Waals surface area contributed by atoms with E-state index < -0.39 is 11.9 Å². The van der Waals surface area contributed by atoms with Gasteiger partial charge in [0.1, 0.15) is 5.75 Å². The lowest BCUT2D eigenvalue weighted by molar-refractivity contribution is -0.173. The lowest BCUT2D eigenvalue weighted by Crippen LogP contribution is -2.59. The fourth-order valence-electron chi connectivity index (χ4n) is 7.01. The molecule has 1 unspecified atom stereocenters. The van der Waals surface area contributed by atoms with Crippen LogP contribution in [0.2, 0.25) is 0 Å². The Kier molecular flexibility index (Phi) is 4.77. The van der Waals surface area contributed by atoms with E-state index in [9.17, 15) is 9.90 Å². The van der Waals surface area contributed by atoms with Crippen molar-refractivity contribution < 1.29 is 19.4 Å². The number of fused-ring (bicyclic) bond motifs is 1. The third-order valence-corrected chi connectivity index (χ3v) is 8.33. The second-order valence-electron chi connectivity index (χ2n) is 9.81. The lowest BCUT2D eigenvalue weighted by atomic mass is 9.53. The maximum atomic E-state index is 11.4. The van der Waals surface area contributed by atoms with Crippen LogP contribution in [0.25, 0.3) is 0 Å². The molecule has 1 aromatic rings. The third kappa shape index (κ3) is 3.22. The number of hydrogen-bond donors (Lipinski definition) is 2. The van der Waals surface area contributed by atoms with E-state index in [-0.39, 0.29) is 11.3 Å². The SMILES string of the molecule is CC(OC(=O)O)(Oc1ccc2c(c1)[C@@]13CCCC[C@H]1[C@@H](C2)NCC3)C1CCCC1. The summed E-state index contributed by atoms with van der Waals surface area (Å²) in [5, 5.41) is 13.1. The number of nitrogens with one attached hydrogen (secondary N) is 1. The maximum Gasteiger partial charge on any atom is 0.509 e. The first-order valence-corrected chi connectivity index (χ1v) is 11.5. The van der Waals surface area contributed by atoms with Crippen molar-refractivity contribution >= 4 is 6.16 Å². The van der Waals surface area contributed by atoms with Gasteiger partial charge in [-0.25, -0.2) is 4.79 Å². The zero-order valence-corrected chi connectivity index (χ0v) is 17.4. The average Bonchev–Trinajstić information content (AvgIpc) is 3.24. The summed E-state index contributed by atoms with van der Waals surface area (Å²) in [5.41, 5.74) is 3.16. The number of rotatable bonds is 4. The molecule has 4 atom stereocenters. The normalized spacial score (nSPS) is 33.3. The van der Waals surface area contributed by atoms with E-state index in [1.165, 1.54) is 43.2 Å². The Balaban J connectivity index is 1.49. The highest BCUT2D eigenvalue weighted by Gasteiger charge is 2.51. The zero-order valence-electron chi connectivity index (χ0n) is 17.4. The van der Waals surface area contributed by atoms with E-state index in [0.29, 0.717) is 12.0 Å². The molecule has 2 bridgehead atoms. The van der Waals surface area contributed by atoms with Crippen LogP contribution < -0.4 is 10.1 Å². The van der Waals surface area contributed by atoms with E-state index >= 15 is 0 Å². The second-order valence-corrected chi connectivity index (χ2v) is 9.81. The summed E-state index contributed by atoms with van der Waals surface area (Å²) >= 11 is 0. The predicted octanol–water partition coefficient (Wildman–Crippen LogP) is 5.01. The van der Waals surface area contributed by atoms with E-state index in [4.69, 9.17) is 9.47 Å². The van der Waals surface area contributed by atoms with Gasteiger partial charge in [-0.3, -0.25) is 0 Å². The standard InChI is InChI=1S/C24H33NO4/c1-23(29-22(26)27,17-6-2-3-7-17)28-18-10-9-16-14-21-19-8-4-5-11-24(19,12-13-25-21)20(16)15-18/h9-10,15,17,19,21,25H,2-8,11-14H2,1H3,(H,26,27)/t19-,21+,23?,24+/m0/s1. The topological polar surface area (TPSA) is 67.8 Å². The molecule has 3 fully saturated rings. The van der Waals surface area contributed by atoms with Crippen LogP contribution in [0.3, 0.4) is 0 Å². The van der Waals surface area contributed by atoms with Crippen LogP contribution in [0.4, 0.5) is 4.79 Å². The number of carbonyl (C=O) groups is 1. The van der Waals surface area contributed by atoms with Crippen LogP contribution in [-0.2, 0) is 16.6 Å². The predicted molar refractivity (Wildman–Crippen MR) is 110 cm³/mol. The summed E-state index contributed by atoms with van der Waals surface area (Å²) in [7, 11) is 0. The Bertz CT molecular complexity index is 785. The van der Waals surface area contributed by atoms with Gasteiger partial charge in [0.25, 0.3) is 5.79 Å². The molecule has 3 aliphatic carbocycles. The second kappa shape index (κ2) is 7.19. The molecule has 1 saturated heterocycles. The minimum Gasteiger partial charge on any atom is -0.452 e. The van der Waals surface area contributed by atoms with E-state index in [1.54, 1.807) is 6.92 Å². The molecule has 1 aromatic carbocycles. The highest BCUT2D eigenvalue weighted by atomic mass is 16.8. The smallest absolute Gasteiger partial charge is 0.452 e. The van der Waals surface area contributed by atoms with Gasteiger partial charge in [-0.05, 0) is 74.2 Å². The van der Waals surface area contributed by atoms with Gasteiger partial charge in [0.2, 0.25) is 0 Å². The zero-order chi connectivity index (χ0) is 20.1. The van der Waals surface area contributed by atoms with Crippen LogP contribution in [0, 0.1) is 11.8 Å². The van der Waals surface area contributed by atoms with Crippen LogP contribution in [0.15, 0.2) is 18.2 Å². The first kappa shape index (κ1) is 19.2. The molecule has 0 amide bonds. The van der Waals surface area contributed by atoms with E-state index in [2.05, 4.69) is 17.4 Å². The van der Waals surface area contributed by atoms with Gasteiger partial charge in [0, 0.05) is 24.3 Å². The average molecular weight is 400 g/mol. The summed E-state index contributed by atoms with van der Waals surface area (Å²) in [5.74, 6) is 0.462. The van der Waals surface area contributed by atoms with Crippen molar-refractivity contribution in [2.45, 2.75) is 88.4 Å². The van der Waals surface area contributed by atoms with Crippen molar-refractivity contribution in [1.29, 1.82) is 0 Å². The van der Waals surface area contributed by atoms with Crippen LogP contribution >= 0.6 is 0 Å². The van der Waals surface area contributed by atoms with Gasteiger partial charge in [-0.1, -0.05) is 31.7 Å². The molecule has 5 nitrogen and oxygen atoms in total. The molecule has 0 aromatic heterocycles. The van der Waals surface area contributed by atoms with Crippen molar-refractivity contribution in [2.75, 3.05) is 6.54 Å². The minimum absolute atomic E-state index is 0.110. The molecule has 2 N–H and O–H groups in total. The third-order valence-electron chi connectivity index (χ3n) is 8.33. The Morgan fingerprint density at radius 1 is 1.17 bits per heavy atom. The first-order chi connectivity index (χ1) is 14.0. The van der Waals surface area contributed by atoms with Gasteiger partial charge in [0.15, 0.2) is 0 Å². The fraction of sp³-hybridized carbons (Fsp3) is 0.708. The Labute approximate surface area is 173 Å². The van der Waals surface area contributed by atoms with Crippen LogP contribution in [0.1, 0.15) is 75.8 Å². The molecule has 1 aliphatic heterocycles. The largest absolute Gasteiger partial charge is 0.509 e. The Hall–Kier alpha value is -1.75. The molecular formula is C24H33NO4. The molecule has 29 heavy (non-hydrogen) atoms. The molecule has 5 heteroatoms. The number of ether oxygens (including phenoxy) is 2. The van der Waals surface area contributed by atoms with E-state index in [0.717, 1.165) is 44.4 Å². The van der Waals surface area contributed by atoms with Crippen molar-refractivity contribution in [3.63, 3.8) is 0 Å². The van der Waals surface area contributed by atoms with Gasteiger partial charge < -0.3 is 19.9 Å². The van der Waals surface area contributed by atoms with Gasteiger partial charge in [-0.15, -0.1) is 0 Å². The van der Waals surface area contributed by atoms with E-state index in [1.807, 2.05) is 6.07 Å². The van der Waals surface area contributed by atoms with Crippen molar-refractivity contribution in [3.8, 4) is 5.75 Å². The summed E-state index contributed by atoms with van der Waals surface area (Å²) in [6, 6.07) is 7.07. The van der Waals surface area contributed by atoms with Crippen LogP contribution in [0.5, 0.6) is 5.75 Å². The minimum atomic E-state index is -1.26. The molecule has 4 aliphatic rings. The Morgan fingerprint density at radius 2 is 1.97 bits per heavy atom. The molecule has 158 valence electrons. The van der Waals surface area contributed by atoms with Crippen molar-refractivity contribution in [3.05, 3.63) is 29.3 Å². The maximum absolute atomic E-state index is 11.4. The fourth-order valence-corrected chi connectivity index (χ4v) is 7.01. The van der Waals surface area contributed by atoms with Crippen molar-refractivity contribution in [1.82, 2.24) is 5.32 Å². The van der Waals surface area contributed by atoms with Crippen molar-refractivity contribution in [2.24, 2.45) is 11.8 Å². The summed E-state index contributed by atoms with van der Waals surface area (Å²) in [6.07, 6.45) is 10.3. The number of carboxylic acid groups (broad SMARTS) is 1. The quantitative estimate of drug-likeness (QED) is 0.550. The number of benzene rings is 1. The molecule has 5 rings (SSSR count). The highest BCUT2D eigenvalue weighted by molar-refractivity contribution is 5.57. The monoisotopic (exact) mass is 399 g/mol. The van der Waals surface area contributed by atoms with Gasteiger partial charge >= 0.3 is 6.16 Å². The lowest BCUT2D eigenvalue weighted by Gasteiger charge is -2.56. The molecule has 2 saturated carbocycles. The summed E-state index contributed by atoms with van der Waals surface area (Å²) in [6.45, 7) is 2.90. The molecule has 0 spiro atoms. The highest BCUT2D eigenvalue weighted by Crippen LogP contribution is 2.54. The molecular weight excluding hydrogens is 366 g/mol. The number of piperidine rings is 1. The first-order valence-electron chi connectivity index (χ1n) is 11.5. The molecule has 0 radical (unpaired) electrons. The van der Waals surface area contributed by atoms with Crippen LogP contribution in [-0.4, -0.2) is 29.6 Å². The summed E-state index contributed by atoms with van der Waals surface area (Å²) in [4.78, 5) is 11.4. The van der Waals surface area contributed by atoms with Gasteiger partial charge in [-0.2, -0.15) is 0 Å². The van der Waals surface area contributed by atoms with Gasteiger partial charge in [0.05, 0.1) is 0 Å². The molecule has 1 heterocycles. The summed E-state index contributed by atoms with van der Waals surface area (Å²) < 4.78 is 11.7. The number of hydrogen-bond acceptors (Lipinski definition) is 4.